The Morgan fingerprint density at radius 2 is 1.31 bits per heavy atom. The summed E-state index contributed by atoms with van der Waals surface area (Å²) in [5.41, 5.74) is 3.87. The molecule has 148 valence electrons. The molecule has 0 aliphatic heterocycles. The molecule has 0 saturated heterocycles. The van der Waals surface area contributed by atoms with E-state index in [-0.39, 0.29) is 17.9 Å². The molecular formula is C25H26N2O2. The highest BCUT2D eigenvalue weighted by Gasteiger charge is 2.14. The fourth-order valence-corrected chi connectivity index (χ4v) is 3.06. The third kappa shape index (κ3) is 5.32. The van der Waals surface area contributed by atoms with Gasteiger partial charge in [0.1, 0.15) is 0 Å². The highest BCUT2D eigenvalue weighted by atomic mass is 16.2. The summed E-state index contributed by atoms with van der Waals surface area (Å²) in [7, 11) is 0. The molecule has 0 saturated carbocycles. The molecule has 2 N–H and O–H groups in total. The van der Waals surface area contributed by atoms with Crippen molar-refractivity contribution in [3.05, 3.63) is 101 Å². The molecule has 3 rings (SSSR count). The minimum Gasteiger partial charge on any atom is -0.346 e. The Balaban J connectivity index is 1.68. The Labute approximate surface area is 172 Å². The summed E-state index contributed by atoms with van der Waals surface area (Å²) in [6.07, 6.45) is 0. The Morgan fingerprint density at radius 1 is 0.690 bits per heavy atom. The van der Waals surface area contributed by atoms with Crippen molar-refractivity contribution in [3.63, 3.8) is 0 Å². The quantitative estimate of drug-likeness (QED) is 0.583. The van der Waals surface area contributed by atoms with Gasteiger partial charge >= 0.3 is 0 Å². The SMILES string of the molecule is CC(C)c1ccc(NC(=O)c2cccc(C(=O)NC(C)c3ccccc3)c2)cc1. The largest absolute Gasteiger partial charge is 0.346 e. The predicted octanol–water partition coefficient (Wildman–Crippen LogP) is 5.55. The van der Waals surface area contributed by atoms with Crippen molar-refractivity contribution in [3.8, 4) is 0 Å². The van der Waals surface area contributed by atoms with Crippen molar-refractivity contribution < 1.29 is 9.59 Å². The highest BCUT2D eigenvalue weighted by molar-refractivity contribution is 6.06. The lowest BCUT2D eigenvalue weighted by Crippen LogP contribution is -2.27. The van der Waals surface area contributed by atoms with Crippen LogP contribution in [-0.4, -0.2) is 11.8 Å². The van der Waals surface area contributed by atoms with E-state index < -0.39 is 0 Å². The molecule has 0 aromatic heterocycles. The minimum atomic E-state index is -0.243. The number of amides is 2. The maximum absolute atomic E-state index is 12.6. The maximum Gasteiger partial charge on any atom is 0.255 e. The number of benzene rings is 3. The summed E-state index contributed by atoms with van der Waals surface area (Å²) in [5.74, 6) is -0.0152. The van der Waals surface area contributed by atoms with Crippen LogP contribution < -0.4 is 10.6 Å². The number of anilines is 1. The molecule has 3 aromatic carbocycles. The first-order valence-corrected chi connectivity index (χ1v) is 9.81. The van der Waals surface area contributed by atoms with E-state index in [0.717, 1.165) is 11.3 Å². The van der Waals surface area contributed by atoms with E-state index in [1.807, 2.05) is 61.5 Å². The van der Waals surface area contributed by atoms with Gasteiger partial charge in [0.25, 0.3) is 11.8 Å². The van der Waals surface area contributed by atoms with Crippen LogP contribution in [0.25, 0.3) is 0 Å². The lowest BCUT2D eigenvalue weighted by molar-refractivity contribution is 0.0940. The van der Waals surface area contributed by atoms with Gasteiger partial charge in [-0.25, -0.2) is 0 Å². The number of carbonyl (C=O) groups excluding carboxylic acids is 2. The smallest absolute Gasteiger partial charge is 0.255 e. The number of hydrogen-bond acceptors (Lipinski definition) is 2. The third-order valence-corrected chi connectivity index (χ3v) is 4.87. The van der Waals surface area contributed by atoms with Crippen molar-refractivity contribution in [2.45, 2.75) is 32.7 Å². The standard InChI is InChI=1S/C25H26N2O2/c1-17(2)19-12-14-23(15-13-19)27-25(29)22-11-7-10-21(16-22)24(28)26-18(3)20-8-5-4-6-9-20/h4-18H,1-3H3,(H,26,28)(H,27,29). The van der Waals surface area contributed by atoms with Crippen LogP contribution in [0.3, 0.4) is 0 Å². The third-order valence-electron chi connectivity index (χ3n) is 4.87. The van der Waals surface area contributed by atoms with Gasteiger partial charge in [0, 0.05) is 16.8 Å². The van der Waals surface area contributed by atoms with Gasteiger partial charge in [0.15, 0.2) is 0 Å². The normalized spacial score (nSPS) is 11.7. The molecule has 1 atom stereocenters. The average Bonchev–Trinajstić information content (AvgIpc) is 2.74. The molecule has 0 aliphatic carbocycles. The number of nitrogens with one attached hydrogen (secondary N) is 2. The molecule has 0 bridgehead atoms. The van der Waals surface area contributed by atoms with Crippen LogP contribution in [0.1, 0.15) is 64.6 Å². The Hall–Kier alpha value is -3.40. The minimum absolute atomic E-state index is 0.124. The molecule has 2 amide bonds. The molecule has 3 aromatic rings. The number of carbonyl (C=O) groups is 2. The summed E-state index contributed by atoms with van der Waals surface area (Å²) in [5, 5.41) is 5.86. The second kappa shape index (κ2) is 9.20. The zero-order valence-corrected chi connectivity index (χ0v) is 17.0. The van der Waals surface area contributed by atoms with Crippen molar-refractivity contribution in [2.75, 3.05) is 5.32 Å². The molecule has 0 aliphatic rings. The van der Waals surface area contributed by atoms with Gasteiger partial charge in [0.05, 0.1) is 6.04 Å². The van der Waals surface area contributed by atoms with Crippen LogP contribution in [0, 0.1) is 0 Å². The molecule has 0 radical (unpaired) electrons. The lowest BCUT2D eigenvalue weighted by Gasteiger charge is -2.14. The number of hydrogen-bond donors (Lipinski definition) is 2. The summed E-state index contributed by atoms with van der Waals surface area (Å²) < 4.78 is 0. The summed E-state index contributed by atoms with van der Waals surface area (Å²) >= 11 is 0. The first kappa shape index (κ1) is 20.3. The Morgan fingerprint density at radius 3 is 1.93 bits per heavy atom. The first-order valence-electron chi connectivity index (χ1n) is 9.81. The van der Waals surface area contributed by atoms with Crippen LogP contribution >= 0.6 is 0 Å². The van der Waals surface area contributed by atoms with E-state index in [2.05, 4.69) is 24.5 Å². The van der Waals surface area contributed by atoms with Crippen molar-refractivity contribution in [2.24, 2.45) is 0 Å². The molecule has 29 heavy (non-hydrogen) atoms. The van der Waals surface area contributed by atoms with Crippen molar-refractivity contribution in [1.82, 2.24) is 5.32 Å². The van der Waals surface area contributed by atoms with E-state index in [0.29, 0.717) is 17.0 Å². The van der Waals surface area contributed by atoms with Crippen LogP contribution in [0.15, 0.2) is 78.9 Å². The average molecular weight is 386 g/mol. The van der Waals surface area contributed by atoms with Gasteiger partial charge in [-0.15, -0.1) is 0 Å². The number of rotatable bonds is 6. The Bertz CT molecular complexity index is 979. The maximum atomic E-state index is 12.6. The predicted molar refractivity (Wildman–Crippen MR) is 117 cm³/mol. The monoisotopic (exact) mass is 386 g/mol. The Kier molecular flexibility index (Phi) is 6.45. The molecule has 0 fully saturated rings. The van der Waals surface area contributed by atoms with Gasteiger partial charge < -0.3 is 10.6 Å². The van der Waals surface area contributed by atoms with E-state index in [1.165, 1.54) is 5.56 Å². The van der Waals surface area contributed by atoms with Crippen LogP contribution in [0.4, 0.5) is 5.69 Å². The zero-order chi connectivity index (χ0) is 20.8. The van der Waals surface area contributed by atoms with Crippen LogP contribution in [0.2, 0.25) is 0 Å². The van der Waals surface area contributed by atoms with Gasteiger partial charge in [-0.1, -0.05) is 62.4 Å². The second-order valence-corrected chi connectivity index (χ2v) is 7.42. The molecule has 4 heteroatoms. The molecule has 0 spiro atoms. The van der Waals surface area contributed by atoms with Crippen molar-refractivity contribution >= 4 is 17.5 Å². The first-order chi connectivity index (χ1) is 13.9. The summed E-state index contributed by atoms with van der Waals surface area (Å²) in [6, 6.07) is 24.2. The van der Waals surface area contributed by atoms with E-state index >= 15 is 0 Å². The molecule has 0 heterocycles. The van der Waals surface area contributed by atoms with Gasteiger partial charge in [-0.2, -0.15) is 0 Å². The van der Waals surface area contributed by atoms with E-state index in [9.17, 15) is 9.59 Å². The highest BCUT2D eigenvalue weighted by Crippen LogP contribution is 2.18. The fraction of sp³-hybridized carbons (Fsp3) is 0.200. The van der Waals surface area contributed by atoms with Gasteiger partial charge in [-0.05, 0) is 54.3 Å². The molecular weight excluding hydrogens is 360 g/mol. The second-order valence-electron chi connectivity index (χ2n) is 7.42. The molecule has 1 unspecified atom stereocenters. The van der Waals surface area contributed by atoms with Crippen LogP contribution in [-0.2, 0) is 0 Å². The van der Waals surface area contributed by atoms with E-state index in [1.54, 1.807) is 24.3 Å². The summed E-state index contributed by atoms with van der Waals surface area (Å²) in [6.45, 7) is 6.19. The van der Waals surface area contributed by atoms with Crippen molar-refractivity contribution in [1.29, 1.82) is 0 Å². The van der Waals surface area contributed by atoms with Gasteiger partial charge in [-0.3, -0.25) is 9.59 Å². The van der Waals surface area contributed by atoms with Crippen LogP contribution in [0.5, 0.6) is 0 Å². The summed E-state index contributed by atoms with van der Waals surface area (Å²) in [4.78, 5) is 25.2. The van der Waals surface area contributed by atoms with Gasteiger partial charge in [0.2, 0.25) is 0 Å². The fourth-order valence-electron chi connectivity index (χ4n) is 3.06. The topological polar surface area (TPSA) is 58.2 Å². The molecule has 4 nitrogen and oxygen atoms in total. The lowest BCUT2D eigenvalue weighted by atomic mass is 10.0. The van der Waals surface area contributed by atoms with E-state index in [4.69, 9.17) is 0 Å². The zero-order valence-electron chi connectivity index (χ0n) is 17.0.